The number of nitrogens with zero attached hydrogens (tertiary/aromatic N) is 2. The predicted octanol–water partition coefficient (Wildman–Crippen LogP) is 2.96. The molecule has 0 fully saturated rings. The third kappa shape index (κ3) is 5.29. The molecule has 8 nitrogen and oxygen atoms in total. The predicted molar refractivity (Wildman–Crippen MR) is 106 cm³/mol. The van der Waals surface area contributed by atoms with Crippen LogP contribution in [0.15, 0.2) is 60.9 Å². The van der Waals surface area contributed by atoms with Gasteiger partial charge in [-0.1, -0.05) is 0 Å². The molecule has 1 aromatic heterocycles. The van der Waals surface area contributed by atoms with Crippen LogP contribution in [0.2, 0.25) is 0 Å². The molecule has 0 aliphatic carbocycles. The van der Waals surface area contributed by atoms with E-state index in [9.17, 15) is 9.59 Å². The van der Waals surface area contributed by atoms with Gasteiger partial charge < -0.3 is 19.5 Å². The van der Waals surface area contributed by atoms with Crippen molar-refractivity contribution in [2.24, 2.45) is 0 Å². The summed E-state index contributed by atoms with van der Waals surface area (Å²) in [6.07, 6.45) is 1.39. The van der Waals surface area contributed by atoms with E-state index in [2.05, 4.69) is 20.0 Å². The molecule has 0 spiro atoms. The van der Waals surface area contributed by atoms with E-state index < -0.39 is 5.97 Å². The molecule has 0 atom stereocenters. The molecule has 8 heteroatoms. The van der Waals surface area contributed by atoms with Crippen molar-refractivity contribution in [2.75, 3.05) is 26.1 Å². The Hall–Kier alpha value is -3.94. The summed E-state index contributed by atoms with van der Waals surface area (Å²) in [5, 5.41) is 2.74. The van der Waals surface area contributed by atoms with Gasteiger partial charge in [-0.05, 0) is 48.5 Å². The van der Waals surface area contributed by atoms with Crippen molar-refractivity contribution >= 4 is 17.7 Å². The van der Waals surface area contributed by atoms with Gasteiger partial charge in [0.15, 0.2) is 6.61 Å². The minimum absolute atomic E-state index is 0.197. The maximum atomic E-state index is 12.5. The van der Waals surface area contributed by atoms with Crippen LogP contribution in [0.5, 0.6) is 11.5 Å². The lowest BCUT2D eigenvalue weighted by atomic mass is 10.1. The molecule has 0 bridgehead atoms. The number of benzene rings is 2. The largest absolute Gasteiger partial charge is 0.497 e. The molecule has 0 aliphatic rings. The van der Waals surface area contributed by atoms with Gasteiger partial charge in [-0.25, -0.2) is 14.8 Å². The van der Waals surface area contributed by atoms with E-state index in [1.54, 1.807) is 37.4 Å². The van der Waals surface area contributed by atoms with Gasteiger partial charge in [-0.3, -0.25) is 4.79 Å². The zero-order chi connectivity index (χ0) is 20.6. The van der Waals surface area contributed by atoms with E-state index in [4.69, 9.17) is 9.47 Å². The van der Waals surface area contributed by atoms with Crippen LogP contribution >= 0.6 is 0 Å². The summed E-state index contributed by atoms with van der Waals surface area (Å²) in [4.78, 5) is 31.9. The molecule has 29 heavy (non-hydrogen) atoms. The summed E-state index contributed by atoms with van der Waals surface area (Å²) >= 11 is 0. The lowest BCUT2D eigenvalue weighted by Crippen LogP contribution is -2.14. The SMILES string of the molecule is COC(=O)COc1ccc(C(=O)Nc2cc(-c3ccc(OC)cc3)ncn2)cc1. The van der Waals surface area contributed by atoms with Crippen molar-refractivity contribution < 1.29 is 23.8 Å². The number of hydrogen-bond donors (Lipinski definition) is 1. The molecule has 1 N–H and O–H groups in total. The van der Waals surface area contributed by atoms with Gasteiger partial charge in [0, 0.05) is 17.2 Å². The number of anilines is 1. The van der Waals surface area contributed by atoms with Gasteiger partial charge in [0.05, 0.1) is 19.9 Å². The van der Waals surface area contributed by atoms with Crippen molar-refractivity contribution in [3.8, 4) is 22.8 Å². The first-order valence-electron chi connectivity index (χ1n) is 8.66. The van der Waals surface area contributed by atoms with E-state index in [1.807, 2.05) is 24.3 Å². The Labute approximate surface area is 167 Å². The first kappa shape index (κ1) is 19.8. The van der Waals surface area contributed by atoms with Crippen LogP contribution in [0, 0.1) is 0 Å². The van der Waals surface area contributed by atoms with Gasteiger partial charge in [-0.15, -0.1) is 0 Å². The molecule has 3 aromatic rings. The quantitative estimate of drug-likeness (QED) is 0.616. The molecule has 148 valence electrons. The van der Waals surface area contributed by atoms with E-state index in [0.29, 0.717) is 22.8 Å². The average molecular weight is 393 g/mol. The minimum atomic E-state index is -0.483. The third-order valence-corrected chi connectivity index (χ3v) is 4.00. The zero-order valence-electron chi connectivity index (χ0n) is 15.9. The molecule has 1 heterocycles. The number of carbonyl (C=O) groups is 2. The highest BCUT2D eigenvalue weighted by atomic mass is 16.6. The fourth-order valence-corrected chi connectivity index (χ4v) is 2.44. The number of rotatable bonds is 7. The van der Waals surface area contributed by atoms with E-state index in [0.717, 1.165) is 11.3 Å². The highest BCUT2D eigenvalue weighted by Gasteiger charge is 2.10. The Balaban J connectivity index is 1.66. The molecular formula is C21H19N3O5. The molecule has 0 radical (unpaired) electrons. The maximum Gasteiger partial charge on any atom is 0.343 e. The van der Waals surface area contributed by atoms with E-state index in [1.165, 1.54) is 13.4 Å². The highest BCUT2D eigenvalue weighted by molar-refractivity contribution is 6.04. The van der Waals surface area contributed by atoms with Crippen LogP contribution in [-0.4, -0.2) is 42.7 Å². The average Bonchev–Trinajstić information content (AvgIpc) is 2.78. The molecule has 0 saturated carbocycles. The Morgan fingerprint density at radius 2 is 1.62 bits per heavy atom. The summed E-state index contributed by atoms with van der Waals surface area (Å²) in [5.74, 6) is 0.764. The molecule has 0 saturated heterocycles. The van der Waals surface area contributed by atoms with Crippen LogP contribution in [0.25, 0.3) is 11.3 Å². The number of hydrogen-bond acceptors (Lipinski definition) is 7. The van der Waals surface area contributed by atoms with Crippen molar-refractivity contribution in [1.29, 1.82) is 0 Å². The smallest absolute Gasteiger partial charge is 0.343 e. The second-order valence-corrected chi connectivity index (χ2v) is 5.86. The van der Waals surface area contributed by atoms with Gasteiger partial charge in [0.2, 0.25) is 0 Å². The van der Waals surface area contributed by atoms with Crippen LogP contribution in [-0.2, 0) is 9.53 Å². The molecular weight excluding hydrogens is 374 g/mol. The monoisotopic (exact) mass is 393 g/mol. The summed E-state index contributed by atoms with van der Waals surface area (Å²) < 4.78 is 14.9. The minimum Gasteiger partial charge on any atom is -0.497 e. The topological polar surface area (TPSA) is 99.6 Å². The Morgan fingerprint density at radius 3 is 2.28 bits per heavy atom. The Morgan fingerprint density at radius 1 is 0.931 bits per heavy atom. The molecule has 0 aliphatic heterocycles. The first-order chi connectivity index (χ1) is 14.1. The maximum absolute atomic E-state index is 12.5. The van der Waals surface area contributed by atoms with Crippen LogP contribution in [0.4, 0.5) is 5.82 Å². The van der Waals surface area contributed by atoms with Crippen molar-refractivity contribution in [1.82, 2.24) is 9.97 Å². The fourth-order valence-electron chi connectivity index (χ4n) is 2.44. The first-order valence-corrected chi connectivity index (χ1v) is 8.66. The molecule has 3 rings (SSSR count). The van der Waals surface area contributed by atoms with Crippen LogP contribution in [0.1, 0.15) is 10.4 Å². The molecule has 0 unspecified atom stereocenters. The molecule has 1 amide bonds. The summed E-state index contributed by atoms with van der Waals surface area (Å²) in [5.41, 5.74) is 1.96. The second kappa shape index (κ2) is 9.32. The van der Waals surface area contributed by atoms with Crippen molar-refractivity contribution in [3.05, 3.63) is 66.5 Å². The number of nitrogens with one attached hydrogen (secondary N) is 1. The molecule has 2 aromatic carbocycles. The van der Waals surface area contributed by atoms with Gasteiger partial charge in [0.25, 0.3) is 5.91 Å². The summed E-state index contributed by atoms with van der Waals surface area (Å²) in [7, 11) is 2.89. The van der Waals surface area contributed by atoms with Gasteiger partial charge in [-0.2, -0.15) is 0 Å². The number of amides is 1. The fraction of sp³-hybridized carbons (Fsp3) is 0.143. The lowest BCUT2D eigenvalue weighted by Gasteiger charge is -2.08. The standard InChI is InChI=1S/C21H19N3O5/c1-27-16-7-3-14(4-8-16)18-11-19(23-13-22-18)24-21(26)15-5-9-17(10-6-15)29-12-20(25)28-2/h3-11,13H,12H2,1-2H3,(H,22,23,24,26). The lowest BCUT2D eigenvalue weighted by molar-refractivity contribution is -0.142. The van der Waals surface area contributed by atoms with Gasteiger partial charge in [0.1, 0.15) is 23.6 Å². The highest BCUT2D eigenvalue weighted by Crippen LogP contribution is 2.22. The number of carbonyl (C=O) groups excluding carboxylic acids is 2. The summed E-state index contributed by atoms with van der Waals surface area (Å²) in [6.45, 7) is -0.197. The van der Waals surface area contributed by atoms with E-state index >= 15 is 0 Å². The Kier molecular flexibility index (Phi) is 6.36. The number of methoxy groups -OCH3 is 2. The zero-order valence-corrected chi connectivity index (χ0v) is 15.9. The Bertz CT molecular complexity index is 988. The second-order valence-electron chi connectivity index (χ2n) is 5.86. The number of aromatic nitrogens is 2. The van der Waals surface area contributed by atoms with Crippen LogP contribution in [0.3, 0.4) is 0 Å². The summed E-state index contributed by atoms with van der Waals surface area (Å²) in [6, 6.07) is 15.5. The number of esters is 1. The van der Waals surface area contributed by atoms with Crippen molar-refractivity contribution in [3.63, 3.8) is 0 Å². The number of ether oxygens (including phenoxy) is 3. The normalized spacial score (nSPS) is 10.1. The van der Waals surface area contributed by atoms with Crippen molar-refractivity contribution in [2.45, 2.75) is 0 Å². The van der Waals surface area contributed by atoms with Crippen LogP contribution < -0.4 is 14.8 Å². The van der Waals surface area contributed by atoms with E-state index in [-0.39, 0.29) is 12.5 Å². The third-order valence-electron chi connectivity index (χ3n) is 4.00. The van der Waals surface area contributed by atoms with Gasteiger partial charge >= 0.3 is 5.97 Å².